The van der Waals surface area contributed by atoms with Gasteiger partial charge in [0.05, 0.1) is 26.4 Å². The van der Waals surface area contributed by atoms with Crippen molar-refractivity contribution in [3.63, 3.8) is 0 Å². The van der Waals surface area contributed by atoms with Crippen molar-refractivity contribution in [1.29, 1.82) is 0 Å². The van der Waals surface area contributed by atoms with Crippen LogP contribution in [0.2, 0.25) is 0 Å². The van der Waals surface area contributed by atoms with E-state index in [4.69, 9.17) is 32.3 Å². The van der Waals surface area contributed by atoms with Crippen LogP contribution >= 0.6 is 15.6 Å². The highest BCUT2D eigenvalue weighted by Gasteiger charge is 2.29. The molecular formula is C77H132O16P2. The van der Waals surface area contributed by atoms with Crippen LogP contribution in [0.4, 0.5) is 0 Å². The monoisotopic (exact) mass is 1370 g/mol. The number of hydrogen-bond donors (Lipinski definition) is 4. The third kappa shape index (κ3) is 71.1. The van der Waals surface area contributed by atoms with Crippen LogP contribution < -0.4 is 0 Å². The van der Waals surface area contributed by atoms with Gasteiger partial charge >= 0.3 is 33.6 Å². The summed E-state index contributed by atoms with van der Waals surface area (Å²) in [6.45, 7) is 2.41. The highest BCUT2D eigenvalue weighted by Crippen LogP contribution is 2.45. The lowest BCUT2D eigenvalue weighted by molar-refractivity contribution is -0.161. The first-order valence-electron chi connectivity index (χ1n) is 36.8. The third-order valence-electron chi connectivity index (χ3n) is 15.2. The molecule has 0 fully saturated rings. The van der Waals surface area contributed by atoms with Gasteiger partial charge in [0.1, 0.15) is 25.4 Å². The Hall–Kier alpha value is -4.05. The Bertz CT molecular complexity index is 2210. The average molecular weight is 1380 g/mol. The van der Waals surface area contributed by atoms with Crippen LogP contribution in [0.3, 0.4) is 0 Å². The molecule has 0 aromatic carbocycles. The molecule has 95 heavy (non-hydrogen) atoms. The highest BCUT2D eigenvalue weighted by atomic mass is 31.2. The summed E-state index contributed by atoms with van der Waals surface area (Å²) in [4.78, 5) is 58.5. The maximum Gasteiger partial charge on any atom is 0.472 e. The standard InChI is InChI=1S/C77H132O16P2/c1-4-7-10-13-16-19-22-25-27-29-31-32-33-34-35-36-37-38-40-42-43-46-48-51-54-57-60-63-75(80)87-66-72(78)67-89-94(83,84)90-68-73(79)69-91-95(85,86)92-71-74(93-77(82)65-62-59-56-53-50-45-24-21-18-15-12-9-6-3)70-88-76(81)64-61-58-55-52-49-47-44-41-39-30-28-26-23-20-17-14-11-8-5-2/h7-8,10-11,16-17,19-20,25-28,31-32,34-35,39,41,47,49,72-74,78-79H,4-6,9,12-15,18,21-24,29-30,33,36-38,40,42-46,48,50-71H2,1-3H3,(H,83,84)(H,85,86)/b10-7-,11-8-,19-16-,20-17-,27-25-,28-26-,32-31-,35-34-,41-39-,49-47-. The number of phosphoric ester groups is 2. The van der Waals surface area contributed by atoms with E-state index in [0.29, 0.717) is 19.3 Å². The zero-order valence-corrected chi connectivity index (χ0v) is 61.1. The Morgan fingerprint density at radius 1 is 0.305 bits per heavy atom. The Morgan fingerprint density at radius 3 is 0.895 bits per heavy atom. The van der Waals surface area contributed by atoms with Crippen LogP contribution in [0, 0.1) is 0 Å². The number of ether oxygens (including phenoxy) is 3. The SMILES string of the molecule is CC/C=C\C/C=C\C/C=C\C/C=C\C/C=C\CCCCCCCCCCCCCC(=O)OCC(O)COP(=O)(O)OCC(O)COP(=O)(O)OCC(COC(=O)CCCCC/C=C\C/C=C\C/C=C\C/C=C\C/C=C\CC)OC(=O)CCCCCCCCCCCCCCC. The molecule has 0 aliphatic heterocycles. The first kappa shape index (κ1) is 91.0. The molecule has 0 rings (SSSR count). The first-order chi connectivity index (χ1) is 46.2. The van der Waals surface area contributed by atoms with Gasteiger partial charge in [-0.05, 0) is 109 Å². The van der Waals surface area contributed by atoms with Gasteiger partial charge in [-0.15, -0.1) is 0 Å². The predicted octanol–water partition coefficient (Wildman–Crippen LogP) is 21.0. The minimum absolute atomic E-state index is 0.0981. The second-order valence-electron chi connectivity index (χ2n) is 24.3. The van der Waals surface area contributed by atoms with Gasteiger partial charge in [-0.1, -0.05) is 284 Å². The van der Waals surface area contributed by atoms with Gasteiger partial charge in [0.15, 0.2) is 6.10 Å². The van der Waals surface area contributed by atoms with Gasteiger partial charge in [-0.2, -0.15) is 0 Å². The van der Waals surface area contributed by atoms with Crippen molar-refractivity contribution in [3.8, 4) is 0 Å². The van der Waals surface area contributed by atoms with Gasteiger partial charge in [0.2, 0.25) is 0 Å². The van der Waals surface area contributed by atoms with Gasteiger partial charge in [-0.25, -0.2) is 9.13 Å². The summed E-state index contributed by atoms with van der Waals surface area (Å²) in [6.07, 6.45) is 81.1. The molecule has 0 bridgehead atoms. The van der Waals surface area contributed by atoms with Crippen molar-refractivity contribution in [2.24, 2.45) is 0 Å². The third-order valence-corrected chi connectivity index (χ3v) is 17.1. The molecule has 546 valence electrons. The van der Waals surface area contributed by atoms with Crippen molar-refractivity contribution >= 4 is 33.6 Å². The van der Waals surface area contributed by atoms with E-state index in [-0.39, 0.29) is 19.3 Å². The molecule has 5 unspecified atom stereocenters. The number of rotatable bonds is 69. The molecular weight excluding hydrogens is 1240 g/mol. The normalized spacial score (nSPS) is 14.8. The van der Waals surface area contributed by atoms with E-state index >= 15 is 0 Å². The zero-order valence-electron chi connectivity index (χ0n) is 59.3. The lowest BCUT2D eigenvalue weighted by Crippen LogP contribution is -2.30. The molecule has 4 N–H and O–H groups in total. The molecule has 0 aromatic heterocycles. The Balaban J connectivity index is 4.55. The molecule has 0 aliphatic rings. The van der Waals surface area contributed by atoms with Crippen molar-refractivity contribution in [2.75, 3.05) is 39.6 Å². The largest absolute Gasteiger partial charge is 0.472 e. The molecule has 0 saturated heterocycles. The number of carbonyl (C=O) groups excluding carboxylic acids is 3. The average Bonchev–Trinajstić information content (AvgIpc) is 1.81. The summed E-state index contributed by atoms with van der Waals surface area (Å²) in [7, 11) is -9.79. The van der Waals surface area contributed by atoms with Crippen LogP contribution in [0.5, 0.6) is 0 Å². The Morgan fingerprint density at radius 2 is 0.558 bits per heavy atom. The molecule has 0 spiro atoms. The lowest BCUT2D eigenvalue weighted by Gasteiger charge is -2.21. The molecule has 0 radical (unpaired) electrons. The second-order valence-corrected chi connectivity index (χ2v) is 27.2. The van der Waals surface area contributed by atoms with E-state index in [2.05, 4.69) is 142 Å². The molecule has 0 saturated carbocycles. The van der Waals surface area contributed by atoms with Crippen molar-refractivity contribution in [1.82, 2.24) is 0 Å². The van der Waals surface area contributed by atoms with E-state index in [1.165, 1.54) is 96.3 Å². The summed E-state index contributed by atoms with van der Waals surface area (Å²) >= 11 is 0. The van der Waals surface area contributed by atoms with Crippen LogP contribution in [0.1, 0.15) is 290 Å². The van der Waals surface area contributed by atoms with E-state index < -0.39 is 91.5 Å². The zero-order chi connectivity index (χ0) is 69.5. The molecule has 0 aromatic rings. The van der Waals surface area contributed by atoms with E-state index in [1.807, 2.05) is 0 Å². The molecule has 0 aliphatic carbocycles. The molecule has 16 nitrogen and oxygen atoms in total. The van der Waals surface area contributed by atoms with Gasteiger partial charge in [0, 0.05) is 19.3 Å². The van der Waals surface area contributed by atoms with Crippen LogP contribution in [-0.2, 0) is 55.8 Å². The number of aliphatic hydroxyl groups is 2. The number of unbranched alkanes of at least 4 members (excludes halogenated alkanes) is 26. The maximum atomic E-state index is 12.9. The maximum absolute atomic E-state index is 12.9. The second kappa shape index (κ2) is 69.8. The molecule has 5 atom stereocenters. The predicted molar refractivity (Wildman–Crippen MR) is 390 cm³/mol. The van der Waals surface area contributed by atoms with Crippen LogP contribution in [-0.4, -0.2) is 95.9 Å². The number of esters is 3. The summed E-state index contributed by atoms with van der Waals surface area (Å²) < 4.78 is 61.0. The minimum Gasteiger partial charge on any atom is -0.463 e. The van der Waals surface area contributed by atoms with Crippen molar-refractivity contribution in [3.05, 3.63) is 122 Å². The van der Waals surface area contributed by atoms with Gasteiger partial charge in [-0.3, -0.25) is 32.5 Å². The highest BCUT2D eigenvalue weighted by molar-refractivity contribution is 7.47. The summed E-state index contributed by atoms with van der Waals surface area (Å²) in [5.41, 5.74) is 0. The fraction of sp³-hybridized carbons (Fsp3) is 0.701. The fourth-order valence-electron chi connectivity index (χ4n) is 9.62. The number of hydrogen-bond acceptors (Lipinski definition) is 14. The number of allylic oxidation sites excluding steroid dienone is 20. The number of phosphoric acid groups is 2. The molecule has 18 heteroatoms. The minimum atomic E-state index is -4.93. The molecule has 0 amide bonds. The Kier molecular flexibility index (Phi) is 66.9. The van der Waals surface area contributed by atoms with Gasteiger partial charge in [0.25, 0.3) is 0 Å². The molecule has 0 heterocycles. The summed E-state index contributed by atoms with van der Waals surface area (Å²) in [6, 6.07) is 0. The van der Waals surface area contributed by atoms with Gasteiger partial charge < -0.3 is 34.2 Å². The topological polar surface area (TPSA) is 231 Å². The summed E-state index contributed by atoms with van der Waals surface area (Å²) in [5, 5.41) is 20.6. The van der Waals surface area contributed by atoms with E-state index in [9.17, 15) is 43.5 Å². The summed E-state index contributed by atoms with van der Waals surface area (Å²) in [5.74, 6) is -1.61. The lowest BCUT2D eigenvalue weighted by atomic mass is 10.0. The fourth-order valence-corrected chi connectivity index (χ4v) is 11.2. The smallest absolute Gasteiger partial charge is 0.463 e. The van der Waals surface area contributed by atoms with Crippen molar-refractivity contribution in [2.45, 2.75) is 309 Å². The first-order valence-corrected chi connectivity index (χ1v) is 39.8. The Labute approximate surface area is 576 Å². The number of aliphatic hydroxyl groups excluding tert-OH is 2. The number of carbonyl (C=O) groups is 3. The quantitative estimate of drug-likeness (QED) is 0.0146. The van der Waals surface area contributed by atoms with Crippen LogP contribution in [0.25, 0.3) is 0 Å². The van der Waals surface area contributed by atoms with E-state index in [1.54, 1.807) is 0 Å². The van der Waals surface area contributed by atoms with Crippen LogP contribution in [0.15, 0.2) is 122 Å². The van der Waals surface area contributed by atoms with Crippen molar-refractivity contribution < 1.29 is 75.8 Å². The van der Waals surface area contributed by atoms with E-state index in [0.717, 1.165) is 135 Å².